The molecule has 7 nitrogen and oxygen atoms in total. The summed E-state index contributed by atoms with van der Waals surface area (Å²) in [6.07, 6.45) is -10.6. The molecule has 1 aliphatic carbocycles. The lowest BCUT2D eigenvalue weighted by molar-refractivity contribution is -0.192. The Morgan fingerprint density at radius 3 is 2.42 bits per heavy atom. The number of imidazole rings is 1. The summed E-state index contributed by atoms with van der Waals surface area (Å²) < 4.78 is 76.2. The second kappa shape index (κ2) is 10.4. The lowest BCUT2D eigenvalue weighted by Crippen LogP contribution is -2.40. The summed E-state index contributed by atoms with van der Waals surface area (Å²) in [5.41, 5.74) is -0.254. The summed E-state index contributed by atoms with van der Waals surface area (Å²) in [5, 5.41) is 8.02. The number of alkyl halides is 6. The van der Waals surface area contributed by atoms with Crippen molar-refractivity contribution in [1.82, 2.24) is 20.6 Å². The lowest BCUT2D eigenvalue weighted by Gasteiger charge is -2.18. The molecule has 0 atom stereocenters. The number of halogens is 7. The van der Waals surface area contributed by atoms with Crippen LogP contribution in [-0.4, -0.2) is 40.7 Å². The van der Waals surface area contributed by atoms with Gasteiger partial charge in [0.1, 0.15) is 5.41 Å². The standard InChI is InChI=1S/C24H22ClF6N5O2/c25-15-4-2-13(12-33-20(38)22(7-8-22)24(29,30)31)10-17(15)35-21-34-16-5-3-14(11-18(16)36-21)19(37)32-9-1-6-23(26,27)28/h2-5,10-11H,1,6-9,12H2,(H,32,37)(H,33,38)(H2,34,35,36). The number of hydrogen-bond donors (Lipinski definition) is 4. The van der Waals surface area contributed by atoms with Gasteiger partial charge in [-0.1, -0.05) is 17.7 Å². The van der Waals surface area contributed by atoms with Crippen LogP contribution in [0.3, 0.4) is 0 Å². The van der Waals surface area contributed by atoms with Crippen molar-refractivity contribution in [3.63, 3.8) is 0 Å². The van der Waals surface area contributed by atoms with Gasteiger partial charge < -0.3 is 20.9 Å². The van der Waals surface area contributed by atoms with Gasteiger partial charge in [-0.05, 0) is 55.2 Å². The van der Waals surface area contributed by atoms with Crippen LogP contribution in [0.5, 0.6) is 0 Å². The zero-order valence-electron chi connectivity index (χ0n) is 19.6. The van der Waals surface area contributed by atoms with Crippen molar-refractivity contribution in [2.24, 2.45) is 5.41 Å². The molecule has 1 saturated carbocycles. The average molecular weight is 562 g/mol. The van der Waals surface area contributed by atoms with Crippen molar-refractivity contribution < 1.29 is 35.9 Å². The second-order valence-electron chi connectivity index (χ2n) is 8.99. The molecular weight excluding hydrogens is 540 g/mol. The first-order valence-corrected chi connectivity index (χ1v) is 11.9. The first-order valence-electron chi connectivity index (χ1n) is 11.5. The number of nitrogens with one attached hydrogen (secondary N) is 4. The molecule has 0 radical (unpaired) electrons. The van der Waals surface area contributed by atoms with E-state index in [0.717, 1.165) is 0 Å². The molecule has 1 aromatic heterocycles. The number of benzene rings is 2. The maximum atomic E-state index is 13.1. The Kier molecular flexibility index (Phi) is 7.51. The van der Waals surface area contributed by atoms with Crippen molar-refractivity contribution >= 4 is 46.1 Å². The van der Waals surface area contributed by atoms with Gasteiger partial charge in [0, 0.05) is 25.1 Å². The summed E-state index contributed by atoms with van der Waals surface area (Å²) in [6.45, 7) is -0.261. The van der Waals surface area contributed by atoms with Crippen molar-refractivity contribution in [3.05, 3.63) is 52.5 Å². The fourth-order valence-electron chi connectivity index (χ4n) is 3.82. The maximum Gasteiger partial charge on any atom is 0.403 e. The third-order valence-corrected chi connectivity index (χ3v) is 6.46. The number of anilines is 2. The highest BCUT2D eigenvalue weighted by Gasteiger charge is 2.68. The molecule has 0 bridgehead atoms. The Morgan fingerprint density at radius 2 is 1.76 bits per heavy atom. The van der Waals surface area contributed by atoms with E-state index in [-0.39, 0.29) is 48.9 Å². The van der Waals surface area contributed by atoms with E-state index >= 15 is 0 Å². The number of H-pyrrole nitrogens is 1. The van der Waals surface area contributed by atoms with Crippen LogP contribution in [0, 0.1) is 5.41 Å². The van der Waals surface area contributed by atoms with Crippen molar-refractivity contribution in [1.29, 1.82) is 0 Å². The first-order chi connectivity index (χ1) is 17.8. The zero-order valence-corrected chi connectivity index (χ0v) is 20.4. The minimum atomic E-state index is -4.60. The number of nitrogens with zero attached hydrogens (tertiary/aromatic N) is 1. The summed E-state index contributed by atoms with van der Waals surface area (Å²) in [7, 11) is 0. The van der Waals surface area contributed by atoms with Crippen LogP contribution in [0.15, 0.2) is 36.4 Å². The van der Waals surface area contributed by atoms with Crippen molar-refractivity contribution in [2.45, 2.75) is 44.6 Å². The van der Waals surface area contributed by atoms with Crippen LogP contribution >= 0.6 is 11.6 Å². The lowest BCUT2D eigenvalue weighted by atomic mass is 10.1. The minimum absolute atomic E-state index is 0.126. The summed E-state index contributed by atoms with van der Waals surface area (Å²) in [4.78, 5) is 31.7. The molecule has 1 fully saturated rings. The predicted octanol–water partition coefficient (Wildman–Crippen LogP) is 5.99. The van der Waals surface area contributed by atoms with Gasteiger partial charge in [-0.15, -0.1) is 0 Å². The third kappa shape index (κ3) is 6.32. The molecule has 1 aliphatic rings. The summed E-state index contributed by atoms with van der Waals surface area (Å²) >= 11 is 6.24. The van der Waals surface area contributed by atoms with Gasteiger partial charge in [-0.3, -0.25) is 9.59 Å². The van der Waals surface area contributed by atoms with Crippen molar-refractivity contribution in [2.75, 3.05) is 11.9 Å². The molecule has 14 heteroatoms. The van der Waals surface area contributed by atoms with E-state index in [9.17, 15) is 35.9 Å². The van der Waals surface area contributed by atoms with E-state index in [0.29, 0.717) is 22.3 Å². The number of amides is 2. The predicted molar refractivity (Wildman–Crippen MR) is 128 cm³/mol. The quantitative estimate of drug-likeness (QED) is 0.190. The molecule has 2 aromatic carbocycles. The monoisotopic (exact) mass is 561 g/mol. The smallest absolute Gasteiger partial charge is 0.352 e. The number of rotatable bonds is 9. The van der Waals surface area contributed by atoms with E-state index < -0.39 is 36.0 Å². The molecule has 3 aromatic rings. The van der Waals surface area contributed by atoms with Gasteiger partial charge >= 0.3 is 12.4 Å². The van der Waals surface area contributed by atoms with Gasteiger partial charge in [0.2, 0.25) is 11.9 Å². The molecule has 204 valence electrons. The van der Waals surface area contributed by atoms with Gasteiger partial charge in [-0.25, -0.2) is 4.98 Å². The fraction of sp³-hybridized carbons (Fsp3) is 0.375. The van der Waals surface area contributed by atoms with Gasteiger partial charge in [-0.2, -0.15) is 26.3 Å². The van der Waals surface area contributed by atoms with Crippen LogP contribution in [0.25, 0.3) is 11.0 Å². The highest BCUT2D eigenvalue weighted by molar-refractivity contribution is 6.33. The highest BCUT2D eigenvalue weighted by Crippen LogP contribution is 2.57. The molecular formula is C24H22ClF6N5O2. The van der Waals surface area contributed by atoms with Gasteiger partial charge in [0.25, 0.3) is 5.91 Å². The number of carbonyl (C=O) groups excluding carboxylic acids is 2. The fourth-order valence-corrected chi connectivity index (χ4v) is 3.99. The Labute approximate surface area is 217 Å². The van der Waals surface area contributed by atoms with Gasteiger partial charge in [0.05, 0.1) is 21.7 Å². The second-order valence-corrected chi connectivity index (χ2v) is 9.40. The number of aromatic nitrogens is 2. The molecule has 1 heterocycles. The van der Waals surface area contributed by atoms with Gasteiger partial charge in [0.15, 0.2) is 0 Å². The van der Waals surface area contributed by atoms with Crippen LogP contribution < -0.4 is 16.0 Å². The molecule has 38 heavy (non-hydrogen) atoms. The molecule has 0 saturated heterocycles. The number of hydrogen-bond acceptors (Lipinski definition) is 4. The normalized spacial score (nSPS) is 14.8. The van der Waals surface area contributed by atoms with E-state index in [1.165, 1.54) is 18.2 Å². The molecule has 0 spiro atoms. The van der Waals surface area contributed by atoms with E-state index in [2.05, 4.69) is 25.9 Å². The topological polar surface area (TPSA) is 98.9 Å². The van der Waals surface area contributed by atoms with Crippen LogP contribution in [-0.2, 0) is 11.3 Å². The van der Waals surface area contributed by atoms with Crippen LogP contribution in [0.1, 0.15) is 41.6 Å². The Hall–Kier alpha value is -3.48. The van der Waals surface area contributed by atoms with E-state index in [1.54, 1.807) is 18.2 Å². The van der Waals surface area contributed by atoms with E-state index in [1.807, 2.05) is 0 Å². The van der Waals surface area contributed by atoms with Crippen LogP contribution in [0.4, 0.5) is 38.0 Å². The highest BCUT2D eigenvalue weighted by atomic mass is 35.5. The molecule has 0 aliphatic heterocycles. The maximum absolute atomic E-state index is 13.1. The Balaban J connectivity index is 1.39. The first kappa shape index (κ1) is 27.6. The molecule has 4 N–H and O–H groups in total. The Morgan fingerprint density at radius 1 is 1.03 bits per heavy atom. The molecule has 2 amide bonds. The number of fused-ring (bicyclic) bond motifs is 1. The SMILES string of the molecule is O=C(NCCCC(F)(F)F)c1ccc2nc(Nc3cc(CNC(=O)C4(C(F)(F)F)CC4)ccc3Cl)[nH]c2c1. The average Bonchev–Trinajstić information content (AvgIpc) is 3.56. The van der Waals surface area contributed by atoms with Crippen LogP contribution in [0.2, 0.25) is 5.02 Å². The number of carbonyl (C=O) groups is 2. The van der Waals surface area contributed by atoms with Crippen molar-refractivity contribution in [3.8, 4) is 0 Å². The summed E-state index contributed by atoms with van der Waals surface area (Å²) in [5.74, 6) is -1.35. The number of aromatic amines is 1. The third-order valence-electron chi connectivity index (χ3n) is 6.13. The summed E-state index contributed by atoms with van der Waals surface area (Å²) in [6, 6.07) is 9.18. The van der Waals surface area contributed by atoms with E-state index in [4.69, 9.17) is 11.6 Å². The molecule has 4 rings (SSSR count). The molecule has 0 unspecified atom stereocenters. The Bertz CT molecular complexity index is 1350. The minimum Gasteiger partial charge on any atom is -0.352 e. The zero-order chi connectivity index (χ0) is 27.7. The largest absolute Gasteiger partial charge is 0.403 e.